The van der Waals surface area contributed by atoms with Crippen LogP contribution in [0.5, 0.6) is 0 Å². The van der Waals surface area contributed by atoms with E-state index in [1.165, 1.54) is 31.2 Å². The Hall–Kier alpha value is -5.54. The maximum atomic E-state index is 17.8. The van der Waals surface area contributed by atoms with Gasteiger partial charge in [-0.15, -0.1) is 0 Å². The fourth-order valence-electron chi connectivity index (χ4n) is 12.7. The van der Waals surface area contributed by atoms with Crippen LogP contribution in [0.2, 0.25) is 0 Å². The van der Waals surface area contributed by atoms with Gasteiger partial charge in [0, 0.05) is 59.7 Å². The number of fused-ring (bicyclic) bond motifs is 7. The summed E-state index contributed by atoms with van der Waals surface area (Å²) >= 11 is 0. The minimum atomic E-state index is -2.34. The number of hydrogen-bond acceptors (Lipinski definition) is 18. The van der Waals surface area contributed by atoms with E-state index < -0.39 is 88.6 Å². The van der Waals surface area contributed by atoms with Crippen LogP contribution in [0.4, 0.5) is 14.5 Å². The number of benzene rings is 2. The number of aliphatic hydroxyl groups is 2. The quantitative estimate of drug-likeness (QED) is 0.0558. The Bertz CT molecular complexity index is 2680. The van der Waals surface area contributed by atoms with Crippen molar-refractivity contribution in [2.45, 2.75) is 88.3 Å². The van der Waals surface area contributed by atoms with E-state index in [4.69, 9.17) is 47.4 Å². The zero-order valence-electron chi connectivity index (χ0n) is 47.8. The number of rotatable bonds is 36. The predicted octanol–water partition coefficient (Wildman–Crippen LogP) is 3.81. The summed E-state index contributed by atoms with van der Waals surface area (Å²) in [6.07, 6.45) is 1.26. The Morgan fingerprint density at radius 3 is 1.86 bits per heavy atom. The van der Waals surface area contributed by atoms with Crippen molar-refractivity contribution in [3.8, 4) is 0 Å². The number of allylic oxidation sites excluding steroid dienone is 4. The minimum absolute atomic E-state index is 0.0111. The van der Waals surface area contributed by atoms with E-state index in [1.54, 1.807) is 6.92 Å². The molecule has 0 aromatic heterocycles. The van der Waals surface area contributed by atoms with Crippen LogP contribution in [-0.2, 0) is 82.6 Å². The molecule has 0 radical (unpaired) electrons. The number of amides is 4. The molecule has 0 spiro atoms. The smallest absolute Gasteiger partial charge is 0.253 e. The largest absolute Gasteiger partial charge is 0.390 e. The first-order chi connectivity index (χ1) is 40.5. The number of anilines is 1. The third-order valence-electron chi connectivity index (χ3n) is 16.9. The molecule has 21 nitrogen and oxygen atoms in total. The maximum Gasteiger partial charge on any atom is 0.253 e. The Balaban J connectivity index is 0.616. The van der Waals surface area contributed by atoms with Gasteiger partial charge in [-0.3, -0.25) is 33.7 Å². The van der Waals surface area contributed by atoms with Gasteiger partial charge in [0.1, 0.15) is 12.8 Å². The molecule has 2 aliphatic heterocycles. The molecular weight excluding hydrogens is 1100 g/mol. The number of hydrogen-bond donors (Lipinski definition) is 4. The zero-order valence-corrected chi connectivity index (χ0v) is 47.8. The first-order valence-corrected chi connectivity index (χ1v) is 28.9. The first-order valence-electron chi connectivity index (χ1n) is 28.9. The molecule has 1 saturated heterocycles. The number of halogens is 2. The second-order valence-electron chi connectivity index (χ2n) is 22.1. The van der Waals surface area contributed by atoms with Gasteiger partial charge in [-0.1, -0.05) is 49.4 Å². The second-order valence-corrected chi connectivity index (χ2v) is 22.1. The van der Waals surface area contributed by atoms with E-state index in [2.05, 4.69) is 10.6 Å². The lowest BCUT2D eigenvalue weighted by Crippen LogP contribution is -2.70. The highest BCUT2D eigenvalue weighted by Gasteiger charge is 2.80. The first kappa shape index (κ1) is 64.5. The Morgan fingerprint density at radius 2 is 1.27 bits per heavy atom. The highest BCUT2D eigenvalue weighted by Crippen LogP contribution is 2.72. The van der Waals surface area contributed by atoms with Crippen molar-refractivity contribution in [3.63, 3.8) is 0 Å². The molecule has 2 aromatic rings. The molecule has 460 valence electrons. The summed E-state index contributed by atoms with van der Waals surface area (Å²) in [5.74, 6) is -4.07. The highest BCUT2D eigenvalue weighted by atomic mass is 19.1. The lowest BCUT2D eigenvalue weighted by atomic mass is 9.44. The minimum Gasteiger partial charge on any atom is -0.390 e. The number of Topliss-reactive ketones (excluding diaryl/α,β-unsaturated/α-hetero) is 1. The third-order valence-corrected chi connectivity index (χ3v) is 16.9. The molecule has 4 fully saturated rings. The highest BCUT2D eigenvalue weighted by molar-refractivity contribution is 6.13. The molecule has 2 aromatic carbocycles. The summed E-state index contributed by atoms with van der Waals surface area (Å²) in [4.78, 5) is 74.9. The molecule has 6 aliphatic rings. The van der Waals surface area contributed by atoms with Crippen LogP contribution in [-0.4, -0.2) is 205 Å². The average molecular weight is 1180 g/mol. The van der Waals surface area contributed by atoms with Crippen LogP contribution in [0, 0.1) is 22.7 Å². The fourth-order valence-corrected chi connectivity index (χ4v) is 12.7. The molecular formula is C61H79F2N3O18. The van der Waals surface area contributed by atoms with E-state index in [9.17, 15) is 39.0 Å². The van der Waals surface area contributed by atoms with Crippen molar-refractivity contribution in [1.29, 1.82) is 0 Å². The van der Waals surface area contributed by atoms with Gasteiger partial charge < -0.3 is 68.2 Å². The lowest BCUT2D eigenvalue weighted by Gasteiger charge is -2.63. The van der Waals surface area contributed by atoms with Gasteiger partial charge in [0.25, 0.3) is 11.8 Å². The normalized spacial score (nSPS) is 28.5. The molecule has 8 rings (SSSR count). The number of aliphatic hydroxyl groups excluding tert-OH is 2. The van der Waals surface area contributed by atoms with E-state index in [0.29, 0.717) is 123 Å². The lowest BCUT2D eigenvalue weighted by molar-refractivity contribution is -0.235. The van der Waals surface area contributed by atoms with E-state index in [0.717, 1.165) is 22.1 Å². The number of ether oxygens (including phenoxy) is 10. The van der Waals surface area contributed by atoms with Crippen molar-refractivity contribution < 1.29 is 95.1 Å². The maximum absolute atomic E-state index is 17.8. The SMILES string of the molecule is C[C@]12C=CC(=O)C=C1[C@@H](F)C[C@H]1[C@@H]3C[C@H]4O[C@@H](c5ccc(Cc6cccc(NC(=O)CCOCCOCCOCCOCCOCCOCCOCCOCCNC(=O)CCN7C(=O)C=CC7=O)c6)cc5)O[C@@]4(C(=O)CO)[C@@]3(C)C[C@H](O)[C@@]12F. The average Bonchev–Trinajstić information content (AvgIpc) is 1.39. The predicted molar refractivity (Wildman–Crippen MR) is 297 cm³/mol. The van der Waals surface area contributed by atoms with Crippen LogP contribution in [0.1, 0.15) is 68.9 Å². The van der Waals surface area contributed by atoms with Crippen molar-refractivity contribution in [3.05, 3.63) is 101 Å². The molecule has 84 heavy (non-hydrogen) atoms. The number of ketones is 2. The van der Waals surface area contributed by atoms with Crippen molar-refractivity contribution in [2.24, 2.45) is 22.7 Å². The van der Waals surface area contributed by atoms with Gasteiger partial charge in [0.05, 0.1) is 124 Å². The number of imide groups is 1. The molecule has 0 bridgehead atoms. The van der Waals surface area contributed by atoms with Crippen molar-refractivity contribution in [1.82, 2.24) is 10.2 Å². The van der Waals surface area contributed by atoms with Crippen molar-refractivity contribution >= 4 is 40.9 Å². The summed E-state index contributed by atoms with van der Waals surface area (Å²) in [5.41, 5.74) is -3.74. The van der Waals surface area contributed by atoms with Crippen molar-refractivity contribution in [2.75, 3.05) is 131 Å². The fraction of sp³-hybridized carbons (Fsp3) is 0.607. The van der Waals surface area contributed by atoms with Gasteiger partial charge in [-0.05, 0) is 79.5 Å². The number of carbonyl (C=O) groups is 6. The Kier molecular flexibility index (Phi) is 23.2. The molecule has 0 unspecified atom stereocenters. The van der Waals surface area contributed by atoms with E-state index >= 15 is 8.78 Å². The molecule has 2 heterocycles. The van der Waals surface area contributed by atoms with Crippen LogP contribution in [0.3, 0.4) is 0 Å². The standard InChI is InChI=1S/C61H79F2N3O18/c1-58-15-12-45(68)36-48(58)49(62)37-47-46-38-52-61(51(70)40-67,59(46,2)39-50(69)60(47,58)63)84-57(83-52)43-8-6-41(7-9-43)34-42-4-3-5-44(35-42)65-54(72)14-18-75-20-22-77-24-26-79-28-30-81-32-33-82-31-29-80-27-25-78-23-21-76-19-16-64-53(71)13-17-66-55(73)10-11-56(66)74/h3-12,15,35-36,46-47,49-50,52,57,67,69H,13-14,16-34,37-40H2,1-2H3,(H,64,71)(H,65,72)/t46-,47-,49-,50-,52+,57+,58-,59-,60-,61+/m0/s1. The summed E-state index contributed by atoms with van der Waals surface area (Å²) in [5, 5.41) is 27.8. The van der Waals surface area contributed by atoms with Crippen LogP contribution < -0.4 is 10.6 Å². The second kappa shape index (κ2) is 30.2. The molecule has 3 saturated carbocycles. The van der Waals surface area contributed by atoms with Crippen LogP contribution in [0.15, 0.2) is 84.5 Å². The summed E-state index contributed by atoms with van der Waals surface area (Å²) in [7, 11) is 0. The van der Waals surface area contributed by atoms with Gasteiger partial charge in [0.15, 0.2) is 29.1 Å². The number of nitrogens with zero attached hydrogens (tertiary/aromatic N) is 1. The van der Waals surface area contributed by atoms with Crippen LogP contribution >= 0.6 is 0 Å². The molecule has 4 amide bonds. The monoisotopic (exact) mass is 1180 g/mol. The summed E-state index contributed by atoms with van der Waals surface area (Å²) in [6.45, 7) is 8.75. The Morgan fingerprint density at radius 1 is 0.702 bits per heavy atom. The van der Waals surface area contributed by atoms with Gasteiger partial charge in [-0.2, -0.15) is 0 Å². The number of carbonyl (C=O) groups excluding carboxylic acids is 6. The number of alkyl halides is 2. The summed E-state index contributed by atoms with van der Waals surface area (Å²) < 4.78 is 91.0. The Labute approximate surface area is 487 Å². The van der Waals surface area contributed by atoms with Gasteiger partial charge >= 0.3 is 0 Å². The molecule has 4 aliphatic carbocycles. The van der Waals surface area contributed by atoms with Gasteiger partial charge in [0.2, 0.25) is 11.8 Å². The van der Waals surface area contributed by atoms with E-state index in [1.807, 2.05) is 48.5 Å². The molecule has 23 heteroatoms. The molecule has 4 N–H and O–H groups in total. The molecule has 10 atom stereocenters. The van der Waals surface area contributed by atoms with E-state index in [-0.39, 0.29) is 62.6 Å². The number of nitrogens with one attached hydrogen (secondary N) is 2. The van der Waals surface area contributed by atoms with Crippen LogP contribution in [0.25, 0.3) is 0 Å². The third kappa shape index (κ3) is 15.0. The zero-order chi connectivity index (χ0) is 59.7. The van der Waals surface area contributed by atoms with Gasteiger partial charge in [-0.25, -0.2) is 8.78 Å². The summed E-state index contributed by atoms with van der Waals surface area (Å²) in [6, 6.07) is 15.0. The topological polar surface area (TPSA) is 262 Å².